The molecular weight excluding hydrogens is 260 g/mol. The summed E-state index contributed by atoms with van der Waals surface area (Å²) in [6.45, 7) is 1.95. The standard InChI is InChI=1S/C16H11ClO2/c1-10-6-7-15-12(8-10)14(18)9-16(19-15)11-4-2-3-5-13(11)17/h2-9H,1H3. The molecule has 94 valence electrons. The van der Waals surface area contributed by atoms with Crippen molar-refractivity contribution in [2.75, 3.05) is 0 Å². The van der Waals surface area contributed by atoms with Gasteiger partial charge in [0.2, 0.25) is 0 Å². The molecule has 19 heavy (non-hydrogen) atoms. The van der Waals surface area contributed by atoms with Crippen LogP contribution in [0.5, 0.6) is 0 Å². The van der Waals surface area contributed by atoms with Gasteiger partial charge in [-0.2, -0.15) is 0 Å². The van der Waals surface area contributed by atoms with Gasteiger partial charge >= 0.3 is 0 Å². The van der Waals surface area contributed by atoms with Crippen molar-refractivity contribution in [3.8, 4) is 11.3 Å². The fourth-order valence-corrected chi connectivity index (χ4v) is 2.29. The Hall–Kier alpha value is -2.06. The maximum atomic E-state index is 12.1. The summed E-state index contributed by atoms with van der Waals surface area (Å²) >= 11 is 6.13. The van der Waals surface area contributed by atoms with Gasteiger partial charge < -0.3 is 4.42 Å². The molecule has 0 atom stereocenters. The third kappa shape index (κ3) is 2.15. The number of benzene rings is 2. The van der Waals surface area contributed by atoms with Crippen LogP contribution < -0.4 is 5.43 Å². The second-order valence-electron chi connectivity index (χ2n) is 4.45. The lowest BCUT2D eigenvalue weighted by Gasteiger charge is -2.05. The van der Waals surface area contributed by atoms with Crippen LogP contribution in [0.3, 0.4) is 0 Å². The van der Waals surface area contributed by atoms with Gasteiger partial charge in [-0.05, 0) is 31.2 Å². The molecule has 0 saturated heterocycles. The second kappa shape index (κ2) is 4.56. The Morgan fingerprint density at radius 3 is 2.63 bits per heavy atom. The van der Waals surface area contributed by atoms with Crippen molar-refractivity contribution in [1.29, 1.82) is 0 Å². The summed E-state index contributed by atoms with van der Waals surface area (Å²) in [7, 11) is 0. The number of rotatable bonds is 1. The molecule has 0 aliphatic rings. The topological polar surface area (TPSA) is 30.2 Å². The molecule has 0 fully saturated rings. The lowest BCUT2D eigenvalue weighted by atomic mass is 10.1. The van der Waals surface area contributed by atoms with Crippen LogP contribution in [0.25, 0.3) is 22.3 Å². The molecule has 1 aromatic heterocycles. The molecule has 0 aliphatic carbocycles. The first kappa shape index (κ1) is 12.0. The summed E-state index contributed by atoms with van der Waals surface area (Å²) in [6, 6.07) is 14.4. The molecular formula is C16H11ClO2. The molecule has 2 aromatic carbocycles. The summed E-state index contributed by atoms with van der Waals surface area (Å²) in [6.07, 6.45) is 0. The Labute approximate surface area is 115 Å². The maximum absolute atomic E-state index is 12.1. The molecule has 1 heterocycles. The molecule has 3 heteroatoms. The monoisotopic (exact) mass is 270 g/mol. The van der Waals surface area contributed by atoms with Crippen LogP contribution >= 0.6 is 11.6 Å². The van der Waals surface area contributed by atoms with Gasteiger partial charge in [-0.15, -0.1) is 0 Å². The molecule has 0 saturated carbocycles. The first-order valence-corrected chi connectivity index (χ1v) is 6.32. The van der Waals surface area contributed by atoms with Gasteiger partial charge in [0.05, 0.1) is 10.4 Å². The highest BCUT2D eigenvalue weighted by molar-refractivity contribution is 6.33. The van der Waals surface area contributed by atoms with E-state index in [2.05, 4.69) is 0 Å². The molecule has 3 aromatic rings. The van der Waals surface area contributed by atoms with E-state index in [9.17, 15) is 4.79 Å². The van der Waals surface area contributed by atoms with Crippen LogP contribution in [0.1, 0.15) is 5.56 Å². The zero-order valence-corrected chi connectivity index (χ0v) is 11.1. The van der Waals surface area contributed by atoms with Gasteiger partial charge in [0.1, 0.15) is 11.3 Å². The zero-order valence-electron chi connectivity index (χ0n) is 10.3. The van der Waals surface area contributed by atoms with Gasteiger partial charge in [-0.3, -0.25) is 4.79 Å². The van der Waals surface area contributed by atoms with Crippen molar-refractivity contribution in [1.82, 2.24) is 0 Å². The second-order valence-corrected chi connectivity index (χ2v) is 4.86. The molecule has 0 aliphatic heterocycles. The van der Waals surface area contributed by atoms with Crippen molar-refractivity contribution in [2.24, 2.45) is 0 Å². The van der Waals surface area contributed by atoms with Crippen LogP contribution in [-0.2, 0) is 0 Å². The molecule has 2 nitrogen and oxygen atoms in total. The van der Waals surface area contributed by atoms with E-state index in [0.717, 1.165) is 11.1 Å². The van der Waals surface area contributed by atoms with Crippen molar-refractivity contribution in [2.45, 2.75) is 6.92 Å². The molecule has 3 rings (SSSR count). The first-order chi connectivity index (χ1) is 9.15. The van der Waals surface area contributed by atoms with Gasteiger partial charge in [0, 0.05) is 11.6 Å². The lowest BCUT2D eigenvalue weighted by Crippen LogP contribution is -2.00. The Morgan fingerprint density at radius 1 is 1.05 bits per heavy atom. The quantitative estimate of drug-likeness (QED) is 0.655. The molecule has 0 radical (unpaired) electrons. The Morgan fingerprint density at radius 2 is 1.84 bits per heavy atom. The average molecular weight is 271 g/mol. The molecule has 0 unspecified atom stereocenters. The minimum absolute atomic E-state index is 0.0557. The predicted molar refractivity (Wildman–Crippen MR) is 77.7 cm³/mol. The van der Waals surface area contributed by atoms with Gasteiger partial charge in [-0.1, -0.05) is 35.4 Å². The normalized spacial score (nSPS) is 10.8. The summed E-state index contributed by atoms with van der Waals surface area (Å²) < 4.78 is 5.78. The smallest absolute Gasteiger partial charge is 0.193 e. The molecule has 0 N–H and O–H groups in total. The lowest BCUT2D eigenvalue weighted by molar-refractivity contribution is 0.619. The zero-order chi connectivity index (χ0) is 13.4. The summed E-state index contributed by atoms with van der Waals surface area (Å²) in [4.78, 5) is 12.1. The summed E-state index contributed by atoms with van der Waals surface area (Å²) in [5, 5.41) is 1.16. The van der Waals surface area contributed by atoms with E-state index in [1.165, 1.54) is 6.07 Å². The van der Waals surface area contributed by atoms with Crippen LogP contribution in [0.4, 0.5) is 0 Å². The highest BCUT2D eigenvalue weighted by Crippen LogP contribution is 2.28. The minimum atomic E-state index is -0.0557. The molecule has 0 bridgehead atoms. The maximum Gasteiger partial charge on any atom is 0.193 e. The van der Waals surface area contributed by atoms with Gasteiger partial charge in [0.25, 0.3) is 0 Å². The van der Waals surface area contributed by atoms with Gasteiger partial charge in [-0.25, -0.2) is 0 Å². The first-order valence-electron chi connectivity index (χ1n) is 5.94. The highest BCUT2D eigenvalue weighted by atomic mass is 35.5. The van der Waals surface area contributed by atoms with E-state index in [1.807, 2.05) is 43.3 Å². The van der Waals surface area contributed by atoms with Crippen LogP contribution in [-0.4, -0.2) is 0 Å². The molecule has 0 amide bonds. The number of halogens is 1. The third-order valence-electron chi connectivity index (χ3n) is 3.02. The minimum Gasteiger partial charge on any atom is -0.456 e. The third-order valence-corrected chi connectivity index (χ3v) is 3.35. The SMILES string of the molecule is Cc1ccc2oc(-c3ccccc3Cl)cc(=O)c2c1. The summed E-state index contributed by atoms with van der Waals surface area (Å²) in [5.74, 6) is 0.493. The van der Waals surface area contributed by atoms with Crippen LogP contribution in [0.15, 0.2) is 57.7 Å². The van der Waals surface area contributed by atoms with E-state index >= 15 is 0 Å². The van der Waals surface area contributed by atoms with Gasteiger partial charge in [0.15, 0.2) is 5.43 Å². The van der Waals surface area contributed by atoms with E-state index in [-0.39, 0.29) is 5.43 Å². The average Bonchev–Trinajstić information content (AvgIpc) is 2.40. The van der Waals surface area contributed by atoms with Crippen molar-refractivity contribution in [3.05, 3.63) is 69.3 Å². The van der Waals surface area contributed by atoms with E-state index in [0.29, 0.717) is 21.8 Å². The summed E-state index contributed by atoms with van der Waals surface area (Å²) in [5.41, 5.74) is 2.28. The predicted octanol–water partition coefficient (Wildman–Crippen LogP) is 4.42. The van der Waals surface area contributed by atoms with E-state index < -0.39 is 0 Å². The number of hydrogen-bond donors (Lipinski definition) is 0. The van der Waals surface area contributed by atoms with Crippen molar-refractivity contribution in [3.63, 3.8) is 0 Å². The largest absolute Gasteiger partial charge is 0.456 e. The fraction of sp³-hybridized carbons (Fsp3) is 0.0625. The Balaban J connectivity index is 2.31. The van der Waals surface area contributed by atoms with Crippen molar-refractivity contribution < 1.29 is 4.42 Å². The van der Waals surface area contributed by atoms with E-state index in [4.69, 9.17) is 16.0 Å². The van der Waals surface area contributed by atoms with Crippen LogP contribution in [0, 0.1) is 6.92 Å². The number of hydrogen-bond acceptors (Lipinski definition) is 2. The fourth-order valence-electron chi connectivity index (χ4n) is 2.06. The van der Waals surface area contributed by atoms with Crippen molar-refractivity contribution >= 4 is 22.6 Å². The number of fused-ring (bicyclic) bond motifs is 1. The Bertz CT molecular complexity index is 818. The van der Waals surface area contributed by atoms with E-state index in [1.54, 1.807) is 6.07 Å². The highest BCUT2D eigenvalue weighted by Gasteiger charge is 2.09. The Kier molecular flexibility index (Phi) is 2.88. The van der Waals surface area contributed by atoms with Crippen LogP contribution in [0.2, 0.25) is 5.02 Å². The molecule has 0 spiro atoms. The number of aryl methyl sites for hydroxylation is 1.